The van der Waals surface area contributed by atoms with E-state index in [-0.39, 0.29) is 16.9 Å². The number of aromatic amines is 1. The summed E-state index contributed by atoms with van der Waals surface area (Å²) in [5.74, 6) is 0.961. The number of aliphatic hydroxyl groups is 2. The van der Waals surface area contributed by atoms with E-state index in [0.717, 1.165) is 5.56 Å². The van der Waals surface area contributed by atoms with Gasteiger partial charge in [0.1, 0.15) is 12.2 Å². The van der Waals surface area contributed by atoms with Gasteiger partial charge < -0.3 is 19.9 Å². The van der Waals surface area contributed by atoms with Crippen molar-refractivity contribution in [2.75, 3.05) is 5.75 Å². The Kier molecular flexibility index (Phi) is 5.32. The maximum atomic E-state index is 11.8. The Bertz CT molecular complexity index is 1080. The number of nitrogens with zero attached hydrogens (tertiary/aromatic N) is 4. The molecule has 0 amide bonds. The average Bonchev–Trinajstić information content (AvgIpc) is 3.26. The Hall–Kier alpha value is -2.80. The summed E-state index contributed by atoms with van der Waals surface area (Å²) in [6.45, 7) is 0. The van der Waals surface area contributed by atoms with Gasteiger partial charge in [-0.3, -0.25) is 19.5 Å². The van der Waals surface area contributed by atoms with Crippen molar-refractivity contribution in [3.63, 3.8) is 0 Å². The van der Waals surface area contributed by atoms with Crippen molar-refractivity contribution in [2.24, 2.45) is 0 Å². The predicted molar refractivity (Wildman–Crippen MR) is 103 cm³/mol. The number of H-pyrrole nitrogens is 1. The van der Waals surface area contributed by atoms with Crippen LogP contribution in [0.1, 0.15) is 11.8 Å². The Morgan fingerprint density at radius 1 is 1.24 bits per heavy atom. The molecule has 1 aromatic carbocycles. The van der Waals surface area contributed by atoms with Crippen LogP contribution in [0.4, 0.5) is 5.69 Å². The number of nitro groups is 1. The summed E-state index contributed by atoms with van der Waals surface area (Å²) in [6, 6.07) is 6.23. The van der Waals surface area contributed by atoms with E-state index in [9.17, 15) is 25.1 Å². The van der Waals surface area contributed by atoms with Crippen molar-refractivity contribution in [1.82, 2.24) is 19.5 Å². The smallest absolute Gasteiger partial charge is 0.278 e. The summed E-state index contributed by atoms with van der Waals surface area (Å²) in [7, 11) is 0. The molecule has 4 rings (SSSR count). The Morgan fingerprint density at radius 2 is 2.00 bits per heavy atom. The summed E-state index contributed by atoms with van der Waals surface area (Å²) in [5.41, 5.74) is 0.892. The van der Waals surface area contributed by atoms with Crippen molar-refractivity contribution in [1.29, 1.82) is 0 Å². The van der Waals surface area contributed by atoms with Crippen molar-refractivity contribution >= 4 is 28.6 Å². The molecule has 29 heavy (non-hydrogen) atoms. The molecule has 1 fully saturated rings. The molecule has 0 radical (unpaired) electrons. The molecule has 3 aromatic rings. The van der Waals surface area contributed by atoms with Gasteiger partial charge in [-0.2, -0.15) is 11.8 Å². The molecule has 0 aliphatic carbocycles. The molecule has 0 saturated carbocycles. The maximum absolute atomic E-state index is 11.8. The zero-order chi connectivity index (χ0) is 20.5. The van der Waals surface area contributed by atoms with Crippen molar-refractivity contribution in [3.8, 4) is 0 Å². The molecule has 12 heteroatoms. The van der Waals surface area contributed by atoms with Crippen molar-refractivity contribution in [2.45, 2.75) is 30.3 Å². The number of nitro benzene ring substituents is 1. The minimum atomic E-state index is -1.21. The van der Waals surface area contributed by atoms with Crippen LogP contribution in [0.15, 0.2) is 41.7 Å². The topological polar surface area (TPSA) is 156 Å². The third kappa shape index (κ3) is 3.74. The molecule has 1 aliphatic rings. The highest BCUT2D eigenvalue weighted by molar-refractivity contribution is 7.98. The molecule has 152 valence electrons. The number of imidazole rings is 1. The van der Waals surface area contributed by atoms with Gasteiger partial charge in [-0.25, -0.2) is 9.97 Å². The van der Waals surface area contributed by atoms with Gasteiger partial charge in [0.15, 0.2) is 17.4 Å². The molecule has 1 unspecified atom stereocenters. The highest BCUT2D eigenvalue weighted by Gasteiger charge is 2.44. The number of non-ortho nitro benzene ring substituents is 1. The van der Waals surface area contributed by atoms with E-state index in [2.05, 4.69) is 15.0 Å². The van der Waals surface area contributed by atoms with Crippen LogP contribution in [0.25, 0.3) is 11.2 Å². The van der Waals surface area contributed by atoms with Gasteiger partial charge in [-0.05, 0) is 5.56 Å². The first kappa shape index (κ1) is 19.5. The summed E-state index contributed by atoms with van der Waals surface area (Å²) in [5, 5.41) is 31.5. The fraction of sp³-hybridized carbons (Fsp3) is 0.353. The number of nitrogens with one attached hydrogen (secondary N) is 1. The zero-order valence-electron chi connectivity index (χ0n) is 14.9. The van der Waals surface area contributed by atoms with Gasteiger partial charge in [-0.1, -0.05) is 12.1 Å². The number of rotatable bonds is 6. The van der Waals surface area contributed by atoms with Crippen LogP contribution in [0.3, 0.4) is 0 Å². The van der Waals surface area contributed by atoms with E-state index in [4.69, 9.17) is 4.74 Å². The van der Waals surface area contributed by atoms with Crippen LogP contribution in [0.2, 0.25) is 0 Å². The van der Waals surface area contributed by atoms with Gasteiger partial charge in [0.05, 0.1) is 23.7 Å². The highest BCUT2D eigenvalue weighted by Crippen LogP contribution is 2.33. The molecule has 4 atom stereocenters. The van der Waals surface area contributed by atoms with Crippen molar-refractivity contribution in [3.05, 3.63) is 63.0 Å². The Balaban J connectivity index is 1.41. The van der Waals surface area contributed by atoms with E-state index >= 15 is 0 Å². The molecule has 1 saturated heterocycles. The van der Waals surface area contributed by atoms with Crippen LogP contribution < -0.4 is 5.56 Å². The fourth-order valence-corrected chi connectivity index (χ4v) is 4.21. The number of aromatic nitrogens is 4. The molecule has 2 aromatic heterocycles. The molecular weight excluding hydrogens is 402 g/mol. The van der Waals surface area contributed by atoms with Gasteiger partial charge in [0.2, 0.25) is 0 Å². The second-order valence-electron chi connectivity index (χ2n) is 6.54. The molecule has 1 aliphatic heterocycles. The number of benzene rings is 1. The Labute approximate surface area is 167 Å². The monoisotopic (exact) mass is 419 g/mol. The largest absolute Gasteiger partial charge is 0.387 e. The lowest BCUT2D eigenvalue weighted by Crippen LogP contribution is -2.32. The molecule has 3 heterocycles. The van der Waals surface area contributed by atoms with Gasteiger partial charge in [-0.15, -0.1) is 0 Å². The van der Waals surface area contributed by atoms with Crippen LogP contribution in [0, 0.1) is 10.1 Å². The third-order valence-corrected chi connectivity index (χ3v) is 5.78. The van der Waals surface area contributed by atoms with E-state index in [1.165, 1.54) is 41.1 Å². The SMILES string of the molecule is O=c1[nH]cnc2c1ncn2C1O[C@H](CSCc2ccc([N+](=O)[O-])cc2)[C@@H](O)[C@H]1O. The second kappa shape index (κ2) is 7.91. The standard InChI is InChI=1S/C17H17N5O6S/c23-13-11(6-29-5-9-1-3-10(4-2-9)22(26)27)28-17(14(13)24)21-8-20-12-15(21)18-7-19-16(12)25/h1-4,7-8,11,13-14,17,23-24H,5-6H2,(H,18,19,25)/t11-,13-,14-,17?/m1/s1. The predicted octanol–water partition coefficient (Wildman–Crippen LogP) is 0.580. The Morgan fingerprint density at radius 3 is 2.72 bits per heavy atom. The molecule has 3 N–H and O–H groups in total. The number of hydrogen-bond acceptors (Lipinski definition) is 9. The molecular formula is C17H17N5O6S. The average molecular weight is 419 g/mol. The van der Waals surface area contributed by atoms with Gasteiger partial charge >= 0.3 is 0 Å². The number of ether oxygens (including phenoxy) is 1. The van der Waals surface area contributed by atoms with E-state index in [1.807, 2.05) is 0 Å². The fourth-order valence-electron chi connectivity index (χ4n) is 3.15. The first-order chi connectivity index (χ1) is 14.0. The molecule has 11 nitrogen and oxygen atoms in total. The zero-order valence-corrected chi connectivity index (χ0v) is 15.7. The molecule has 0 bridgehead atoms. The second-order valence-corrected chi connectivity index (χ2v) is 7.57. The van der Waals surface area contributed by atoms with Gasteiger partial charge in [0, 0.05) is 23.6 Å². The lowest BCUT2D eigenvalue weighted by molar-refractivity contribution is -0.384. The number of hydrogen-bond donors (Lipinski definition) is 3. The summed E-state index contributed by atoms with van der Waals surface area (Å²) >= 11 is 1.47. The molecule has 0 spiro atoms. The van der Waals surface area contributed by atoms with E-state index in [1.54, 1.807) is 12.1 Å². The van der Waals surface area contributed by atoms with Crippen LogP contribution in [-0.2, 0) is 10.5 Å². The van der Waals surface area contributed by atoms with Gasteiger partial charge in [0.25, 0.3) is 11.2 Å². The van der Waals surface area contributed by atoms with E-state index < -0.39 is 35.0 Å². The maximum Gasteiger partial charge on any atom is 0.278 e. The number of thioether (sulfide) groups is 1. The highest BCUT2D eigenvalue weighted by atomic mass is 32.2. The summed E-state index contributed by atoms with van der Waals surface area (Å²) < 4.78 is 7.26. The van der Waals surface area contributed by atoms with E-state index in [0.29, 0.717) is 11.5 Å². The first-order valence-corrected chi connectivity index (χ1v) is 9.84. The van der Waals surface area contributed by atoms with Crippen molar-refractivity contribution < 1.29 is 19.9 Å². The lowest BCUT2D eigenvalue weighted by Gasteiger charge is -2.16. The number of aliphatic hydroxyl groups excluding tert-OH is 2. The van der Waals surface area contributed by atoms with Crippen LogP contribution >= 0.6 is 11.8 Å². The summed E-state index contributed by atoms with van der Waals surface area (Å²) in [4.78, 5) is 32.5. The lowest BCUT2D eigenvalue weighted by atomic mass is 10.1. The van der Waals surface area contributed by atoms with Crippen LogP contribution in [0.5, 0.6) is 0 Å². The van der Waals surface area contributed by atoms with Crippen LogP contribution in [-0.4, -0.2) is 58.7 Å². The summed E-state index contributed by atoms with van der Waals surface area (Å²) in [6.07, 6.45) is -1.31. The minimum absolute atomic E-state index is 0.0271. The third-order valence-electron chi connectivity index (χ3n) is 4.67. The normalized spacial score (nSPS) is 24.2. The quantitative estimate of drug-likeness (QED) is 0.384. The minimum Gasteiger partial charge on any atom is -0.387 e. The first-order valence-electron chi connectivity index (χ1n) is 8.68. The number of fused-ring (bicyclic) bond motifs is 1.